The van der Waals surface area contributed by atoms with Gasteiger partial charge in [0.05, 0.1) is 11.6 Å². The highest BCUT2D eigenvalue weighted by atomic mass is 16.5. The van der Waals surface area contributed by atoms with Gasteiger partial charge in [0.2, 0.25) is 5.91 Å². The van der Waals surface area contributed by atoms with E-state index in [4.69, 9.17) is 4.74 Å². The Balaban J connectivity index is 1.62. The lowest BCUT2D eigenvalue weighted by Crippen LogP contribution is -2.37. The van der Waals surface area contributed by atoms with Gasteiger partial charge < -0.3 is 10.1 Å². The van der Waals surface area contributed by atoms with Crippen LogP contribution in [0.25, 0.3) is 0 Å². The number of benzene rings is 1. The summed E-state index contributed by atoms with van der Waals surface area (Å²) in [6.07, 6.45) is 0.728. The highest BCUT2D eigenvalue weighted by Gasteiger charge is 2.25. The number of aromatic nitrogens is 2. The molecule has 0 unspecified atom stereocenters. The van der Waals surface area contributed by atoms with Crippen LogP contribution in [0.5, 0.6) is 5.75 Å². The molecule has 3 rings (SSSR count). The fourth-order valence-electron chi connectivity index (χ4n) is 2.65. The maximum atomic E-state index is 12.3. The molecule has 1 aliphatic heterocycles. The zero-order valence-corrected chi connectivity index (χ0v) is 12.3. The molecular formula is C16H19N3O2. The van der Waals surface area contributed by atoms with E-state index in [0.717, 1.165) is 34.7 Å². The molecule has 0 saturated heterocycles. The molecule has 2 aromatic rings. The molecule has 0 aliphatic carbocycles. The number of amides is 1. The summed E-state index contributed by atoms with van der Waals surface area (Å²) in [5.41, 5.74) is 4.08. The number of nitrogens with zero attached hydrogens (tertiary/aromatic N) is 1. The lowest BCUT2D eigenvalue weighted by Gasteiger charge is -2.24. The third kappa shape index (κ3) is 2.77. The molecule has 0 saturated carbocycles. The molecule has 5 heteroatoms. The second-order valence-corrected chi connectivity index (χ2v) is 5.45. The van der Waals surface area contributed by atoms with Crippen molar-refractivity contribution < 1.29 is 9.53 Å². The van der Waals surface area contributed by atoms with Crippen LogP contribution < -0.4 is 10.1 Å². The standard InChI is InChI=1S/C16H19N3O2/c1-10-14(11(2)19-18-10)8-17-16(20)13-7-12-5-3-4-6-15(12)21-9-13/h3-6,13H,7-9H2,1-2H3,(H,17,20)(H,18,19)/t13-/m0/s1. The Labute approximate surface area is 123 Å². The van der Waals surface area contributed by atoms with Crippen molar-refractivity contribution in [1.29, 1.82) is 0 Å². The molecular weight excluding hydrogens is 266 g/mol. The summed E-state index contributed by atoms with van der Waals surface area (Å²) in [5, 5.41) is 10.1. The van der Waals surface area contributed by atoms with E-state index in [0.29, 0.717) is 13.2 Å². The molecule has 0 bridgehead atoms. The molecule has 1 aromatic heterocycles. The highest BCUT2D eigenvalue weighted by molar-refractivity contribution is 5.79. The number of hydrogen-bond donors (Lipinski definition) is 2. The lowest BCUT2D eigenvalue weighted by molar-refractivity contribution is -0.126. The first-order valence-electron chi connectivity index (χ1n) is 7.14. The van der Waals surface area contributed by atoms with Crippen molar-refractivity contribution in [2.75, 3.05) is 6.61 Å². The number of nitrogens with one attached hydrogen (secondary N) is 2. The monoisotopic (exact) mass is 285 g/mol. The molecule has 1 atom stereocenters. The summed E-state index contributed by atoms with van der Waals surface area (Å²) in [7, 11) is 0. The smallest absolute Gasteiger partial charge is 0.227 e. The minimum Gasteiger partial charge on any atom is -0.492 e. The maximum Gasteiger partial charge on any atom is 0.227 e. The number of para-hydroxylation sites is 1. The number of carbonyl (C=O) groups is 1. The summed E-state index contributed by atoms with van der Waals surface area (Å²) in [6.45, 7) is 4.84. The zero-order valence-electron chi connectivity index (χ0n) is 12.3. The van der Waals surface area contributed by atoms with Gasteiger partial charge in [-0.3, -0.25) is 9.89 Å². The van der Waals surface area contributed by atoms with Crippen LogP contribution in [0.3, 0.4) is 0 Å². The molecule has 0 spiro atoms. The average molecular weight is 285 g/mol. The second kappa shape index (κ2) is 5.60. The number of hydrogen-bond acceptors (Lipinski definition) is 3. The Morgan fingerprint density at radius 1 is 1.43 bits per heavy atom. The van der Waals surface area contributed by atoms with Crippen molar-refractivity contribution in [2.45, 2.75) is 26.8 Å². The lowest BCUT2D eigenvalue weighted by atomic mass is 9.96. The molecule has 2 N–H and O–H groups in total. The minimum atomic E-state index is -0.132. The normalized spacial score (nSPS) is 17.0. The van der Waals surface area contributed by atoms with Crippen LogP contribution >= 0.6 is 0 Å². The van der Waals surface area contributed by atoms with Gasteiger partial charge in [-0.1, -0.05) is 18.2 Å². The second-order valence-electron chi connectivity index (χ2n) is 5.45. The van der Waals surface area contributed by atoms with Gasteiger partial charge in [-0.25, -0.2) is 0 Å². The van der Waals surface area contributed by atoms with Gasteiger partial charge in [-0.2, -0.15) is 5.10 Å². The Bertz CT molecular complexity index is 644. The van der Waals surface area contributed by atoms with Crippen molar-refractivity contribution >= 4 is 5.91 Å². The highest BCUT2D eigenvalue weighted by Crippen LogP contribution is 2.26. The van der Waals surface area contributed by atoms with Gasteiger partial charge in [-0.05, 0) is 31.9 Å². The van der Waals surface area contributed by atoms with Gasteiger partial charge in [-0.15, -0.1) is 0 Å². The number of ether oxygens (including phenoxy) is 1. The van der Waals surface area contributed by atoms with Gasteiger partial charge in [0.25, 0.3) is 0 Å². The number of H-pyrrole nitrogens is 1. The van der Waals surface area contributed by atoms with Crippen molar-refractivity contribution in [3.05, 3.63) is 46.8 Å². The molecule has 5 nitrogen and oxygen atoms in total. The molecule has 0 radical (unpaired) electrons. The first kappa shape index (κ1) is 13.7. The zero-order chi connectivity index (χ0) is 14.8. The Hall–Kier alpha value is -2.30. The number of aromatic amines is 1. The summed E-state index contributed by atoms with van der Waals surface area (Å²) in [6, 6.07) is 7.88. The topological polar surface area (TPSA) is 67.0 Å². The van der Waals surface area contributed by atoms with Crippen LogP contribution in [0.15, 0.2) is 24.3 Å². The first-order valence-corrected chi connectivity index (χ1v) is 7.14. The summed E-state index contributed by atoms with van der Waals surface area (Å²) in [4.78, 5) is 12.3. The van der Waals surface area contributed by atoms with Crippen molar-refractivity contribution in [3.63, 3.8) is 0 Å². The van der Waals surface area contributed by atoms with E-state index in [2.05, 4.69) is 15.5 Å². The van der Waals surface area contributed by atoms with E-state index in [1.54, 1.807) is 0 Å². The van der Waals surface area contributed by atoms with E-state index in [1.807, 2.05) is 38.1 Å². The largest absolute Gasteiger partial charge is 0.492 e. The van der Waals surface area contributed by atoms with Crippen LogP contribution in [0.4, 0.5) is 0 Å². The average Bonchev–Trinajstić information content (AvgIpc) is 2.83. The SMILES string of the molecule is Cc1n[nH]c(C)c1CNC(=O)[C@@H]1COc2ccccc2C1. The van der Waals surface area contributed by atoms with E-state index >= 15 is 0 Å². The summed E-state index contributed by atoms with van der Waals surface area (Å²) >= 11 is 0. The van der Waals surface area contributed by atoms with E-state index < -0.39 is 0 Å². The molecule has 21 heavy (non-hydrogen) atoms. The third-order valence-electron chi connectivity index (χ3n) is 3.97. The summed E-state index contributed by atoms with van der Waals surface area (Å²) < 4.78 is 5.66. The predicted octanol–water partition coefficient (Wildman–Crippen LogP) is 1.89. The minimum absolute atomic E-state index is 0.0319. The summed E-state index contributed by atoms with van der Waals surface area (Å²) in [5.74, 6) is 0.792. The van der Waals surface area contributed by atoms with Crippen LogP contribution in [-0.2, 0) is 17.8 Å². The Morgan fingerprint density at radius 3 is 3.00 bits per heavy atom. The van der Waals surface area contributed by atoms with Crippen molar-refractivity contribution in [2.24, 2.45) is 5.92 Å². The molecule has 1 aliphatic rings. The first-order chi connectivity index (χ1) is 10.1. The van der Waals surface area contributed by atoms with E-state index in [-0.39, 0.29) is 11.8 Å². The van der Waals surface area contributed by atoms with Crippen LogP contribution in [0.1, 0.15) is 22.5 Å². The number of carbonyl (C=O) groups excluding carboxylic acids is 1. The maximum absolute atomic E-state index is 12.3. The van der Waals surface area contributed by atoms with Crippen molar-refractivity contribution in [3.8, 4) is 5.75 Å². The number of aryl methyl sites for hydroxylation is 2. The molecule has 0 fully saturated rings. The van der Waals surface area contributed by atoms with Gasteiger partial charge in [0.1, 0.15) is 12.4 Å². The van der Waals surface area contributed by atoms with Gasteiger partial charge in [0, 0.05) is 17.8 Å². The Kier molecular flexibility index (Phi) is 3.64. The molecule has 1 aromatic carbocycles. The van der Waals surface area contributed by atoms with Crippen molar-refractivity contribution in [1.82, 2.24) is 15.5 Å². The quantitative estimate of drug-likeness (QED) is 0.905. The van der Waals surface area contributed by atoms with Gasteiger partial charge >= 0.3 is 0 Å². The number of fused-ring (bicyclic) bond motifs is 1. The molecule has 2 heterocycles. The number of rotatable bonds is 3. The van der Waals surface area contributed by atoms with Gasteiger partial charge in [0.15, 0.2) is 0 Å². The predicted molar refractivity (Wildman–Crippen MR) is 79.0 cm³/mol. The van der Waals surface area contributed by atoms with Crippen LogP contribution in [0.2, 0.25) is 0 Å². The fraction of sp³-hybridized carbons (Fsp3) is 0.375. The van der Waals surface area contributed by atoms with E-state index in [1.165, 1.54) is 0 Å². The Morgan fingerprint density at radius 2 is 2.24 bits per heavy atom. The third-order valence-corrected chi connectivity index (χ3v) is 3.97. The van der Waals surface area contributed by atoms with Crippen LogP contribution in [-0.4, -0.2) is 22.7 Å². The fourth-order valence-corrected chi connectivity index (χ4v) is 2.65. The van der Waals surface area contributed by atoms with Crippen LogP contribution in [0, 0.1) is 19.8 Å². The van der Waals surface area contributed by atoms with E-state index in [9.17, 15) is 4.79 Å². The molecule has 110 valence electrons. The molecule has 1 amide bonds.